The summed E-state index contributed by atoms with van der Waals surface area (Å²) in [6, 6.07) is 5.37. The van der Waals surface area contributed by atoms with Crippen LogP contribution in [0.1, 0.15) is 5.56 Å². The summed E-state index contributed by atoms with van der Waals surface area (Å²) in [6.45, 7) is 0.471. The number of amidine groups is 1. The summed E-state index contributed by atoms with van der Waals surface area (Å²) in [5.41, 5.74) is 11.2. The normalized spacial score (nSPS) is 15.1. The van der Waals surface area contributed by atoms with E-state index in [1.165, 1.54) is 0 Å². The SMILES string of the molecule is NC=C(F)C(N)=NCc1ccc2c(c1)OCO2. The van der Waals surface area contributed by atoms with Gasteiger partial charge in [0.1, 0.15) is 0 Å². The number of nitrogens with zero attached hydrogens (tertiary/aromatic N) is 1. The van der Waals surface area contributed by atoms with E-state index in [0.717, 1.165) is 11.8 Å². The molecular formula is C11H12FN3O2. The third-order valence-electron chi connectivity index (χ3n) is 2.26. The highest BCUT2D eigenvalue weighted by Crippen LogP contribution is 2.32. The van der Waals surface area contributed by atoms with Crippen molar-refractivity contribution in [3.8, 4) is 11.5 Å². The summed E-state index contributed by atoms with van der Waals surface area (Å²) in [5.74, 6) is 0.403. The van der Waals surface area contributed by atoms with Crippen LogP contribution in [0.5, 0.6) is 11.5 Å². The minimum absolute atomic E-state index is 0.217. The van der Waals surface area contributed by atoms with Gasteiger partial charge in [-0.1, -0.05) is 6.07 Å². The van der Waals surface area contributed by atoms with Gasteiger partial charge in [0, 0.05) is 6.20 Å². The monoisotopic (exact) mass is 237 g/mol. The predicted molar refractivity (Wildman–Crippen MR) is 61.3 cm³/mol. The maximum absolute atomic E-state index is 12.9. The van der Waals surface area contributed by atoms with E-state index in [4.69, 9.17) is 20.9 Å². The van der Waals surface area contributed by atoms with Gasteiger partial charge in [0.2, 0.25) is 6.79 Å². The standard InChI is InChI=1S/C11H12FN3O2/c12-8(4-13)11(14)15-5-7-1-2-9-10(3-7)17-6-16-9/h1-4H,5-6,13H2,(H2,14,15). The number of ether oxygens (including phenoxy) is 2. The van der Waals surface area contributed by atoms with E-state index in [2.05, 4.69) is 4.99 Å². The summed E-state index contributed by atoms with van der Waals surface area (Å²) < 4.78 is 23.3. The van der Waals surface area contributed by atoms with Gasteiger partial charge in [-0.05, 0) is 17.7 Å². The quantitative estimate of drug-likeness (QED) is 0.607. The van der Waals surface area contributed by atoms with Crippen molar-refractivity contribution in [1.29, 1.82) is 0 Å². The van der Waals surface area contributed by atoms with Crippen molar-refractivity contribution in [3.63, 3.8) is 0 Å². The lowest BCUT2D eigenvalue weighted by molar-refractivity contribution is 0.174. The fourth-order valence-corrected chi connectivity index (χ4v) is 1.38. The summed E-state index contributed by atoms with van der Waals surface area (Å²) in [5, 5.41) is 0. The zero-order chi connectivity index (χ0) is 12.3. The van der Waals surface area contributed by atoms with Crippen LogP contribution in [0.4, 0.5) is 4.39 Å². The fraction of sp³-hybridized carbons (Fsp3) is 0.182. The van der Waals surface area contributed by atoms with Crippen LogP contribution in [0, 0.1) is 0 Å². The van der Waals surface area contributed by atoms with Crippen molar-refractivity contribution in [3.05, 3.63) is 35.8 Å². The molecule has 0 radical (unpaired) electrons. The lowest BCUT2D eigenvalue weighted by Gasteiger charge is -2.01. The first-order valence-corrected chi connectivity index (χ1v) is 4.97. The molecular weight excluding hydrogens is 225 g/mol. The molecule has 5 nitrogen and oxygen atoms in total. The number of benzene rings is 1. The second-order valence-corrected chi connectivity index (χ2v) is 3.40. The minimum Gasteiger partial charge on any atom is -0.454 e. The molecule has 0 saturated carbocycles. The molecule has 0 atom stereocenters. The summed E-state index contributed by atoms with van der Waals surface area (Å²) >= 11 is 0. The Morgan fingerprint density at radius 1 is 1.41 bits per heavy atom. The molecule has 0 saturated heterocycles. The molecule has 0 amide bonds. The molecule has 0 bridgehead atoms. The van der Waals surface area contributed by atoms with Gasteiger partial charge in [0.15, 0.2) is 23.2 Å². The van der Waals surface area contributed by atoms with E-state index in [1.54, 1.807) is 12.1 Å². The van der Waals surface area contributed by atoms with Crippen molar-refractivity contribution in [2.24, 2.45) is 16.5 Å². The predicted octanol–water partition coefficient (Wildman–Crippen LogP) is 1.04. The van der Waals surface area contributed by atoms with Gasteiger partial charge in [-0.2, -0.15) is 0 Å². The van der Waals surface area contributed by atoms with E-state index in [9.17, 15) is 4.39 Å². The van der Waals surface area contributed by atoms with E-state index in [1.807, 2.05) is 6.07 Å². The Morgan fingerprint density at radius 2 is 2.18 bits per heavy atom. The number of halogens is 1. The topological polar surface area (TPSA) is 82.9 Å². The van der Waals surface area contributed by atoms with Gasteiger partial charge in [-0.25, -0.2) is 4.39 Å². The van der Waals surface area contributed by atoms with Crippen LogP contribution in [0.25, 0.3) is 0 Å². The summed E-state index contributed by atoms with van der Waals surface area (Å²) in [7, 11) is 0. The molecule has 1 aromatic carbocycles. The molecule has 0 fully saturated rings. The molecule has 2 rings (SSSR count). The van der Waals surface area contributed by atoms with Crippen LogP contribution in [0.15, 0.2) is 35.2 Å². The zero-order valence-corrected chi connectivity index (χ0v) is 9.02. The average molecular weight is 237 g/mol. The lowest BCUT2D eigenvalue weighted by Crippen LogP contribution is -2.13. The van der Waals surface area contributed by atoms with Gasteiger partial charge in [-0.15, -0.1) is 0 Å². The maximum atomic E-state index is 12.9. The second-order valence-electron chi connectivity index (χ2n) is 3.40. The van der Waals surface area contributed by atoms with Gasteiger partial charge in [0.25, 0.3) is 0 Å². The second kappa shape index (κ2) is 4.73. The van der Waals surface area contributed by atoms with Gasteiger partial charge in [0.05, 0.1) is 6.54 Å². The molecule has 0 spiro atoms. The van der Waals surface area contributed by atoms with Crippen LogP contribution >= 0.6 is 0 Å². The van der Waals surface area contributed by atoms with Gasteiger partial charge >= 0.3 is 0 Å². The van der Waals surface area contributed by atoms with Crippen molar-refractivity contribution in [2.75, 3.05) is 6.79 Å². The molecule has 90 valence electrons. The number of rotatable bonds is 3. The molecule has 0 aliphatic carbocycles. The molecule has 1 aromatic rings. The zero-order valence-electron chi connectivity index (χ0n) is 9.02. The van der Waals surface area contributed by atoms with E-state index >= 15 is 0 Å². The Balaban J connectivity index is 2.10. The number of nitrogens with two attached hydrogens (primary N) is 2. The maximum Gasteiger partial charge on any atom is 0.231 e. The first-order valence-electron chi connectivity index (χ1n) is 4.97. The van der Waals surface area contributed by atoms with Crippen molar-refractivity contribution in [2.45, 2.75) is 6.54 Å². The van der Waals surface area contributed by atoms with E-state index < -0.39 is 5.83 Å². The number of aliphatic imine (C=N–C) groups is 1. The van der Waals surface area contributed by atoms with E-state index in [0.29, 0.717) is 11.5 Å². The number of hydrogen-bond donors (Lipinski definition) is 2. The van der Waals surface area contributed by atoms with Crippen molar-refractivity contribution in [1.82, 2.24) is 0 Å². The van der Waals surface area contributed by atoms with Crippen molar-refractivity contribution >= 4 is 5.84 Å². The summed E-state index contributed by atoms with van der Waals surface area (Å²) in [6.07, 6.45) is 0.776. The van der Waals surface area contributed by atoms with Gasteiger partial charge in [-0.3, -0.25) is 4.99 Å². The Hall–Kier alpha value is -2.24. The molecule has 4 N–H and O–H groups in total. The lowest BCUT2D eigenvalue weighted by atomic mass is 10.2. The number of hydrogen-bond acceptors (Lipinski definition) is 4. The largest absolute Gasteiger partial charge is 0.454 e. The average Bonchev–Trinajstić information content (AvgIpc) is 2.82. The Labute approximate surface area is 97.5 Å². The highest BCUT2D eigenvalue weighted by atomic mass is 19.1. The fourth-order valence-electron chi connectivity index (χ4n) is 1.38. The van der Waals surface area contributed by atoms with Gasteiger partial charge < -0.3 is 20.9 Å². The Bertz CT molecular complexity index is 486. The van der Waals surface area contributed by atoms with Crippen LogP contribution in [0.2, 0.25) is 0 Å². The molecule has 0 aromatic heterocycles. The van der Waals surface area contributed by atoms with Crippen LogP contribution < -0.4 is 20.9 Å². The van der Waals surface area contributed by atoms with Crippen molar-refractivity contribution < 1.29 is 13.9 Å². The van der Waals surface area contributed by atoms with Crippen LogP contribution in [0.3, 0.4) is 0 Å². The first-order chi connectivity index (χ1) is 8.20. The molecule has 17 heavy (non-hydrogen) atoms. The number of fused-ring (bicyclic) bond motifs is 1. The van der Waals surface area contributed by atoms with Crippen LogP contribution in [-0.4, -0.2) is 12.6 Å². The third-order valence-corrected chi connectivity index (χ3v) is 2.26. The first kappa shape index (κ1) is 11.3. The Kier molecular flexibility index (Phi) is 3.13. The van der Waals surface area contributed by atoms with E-state index in [-0.39, 0.29) is 19.2 Å². The van der Waals surface area contributed by atoms with Crippen LogP contribution in [-0.2, 0) is 6.54 Å². The smallest absolute Gasteiger partial charge is 0.231 e. The minimum atomic E-state index is -0.731. The molecule has 1 aliphatic rings. The molecule has 0 unspecified atom stereocenters. The summed E-state index contributed by atoms with van der Waals surface area (Å²) in [4.78, 5) is 3.87. The molecule has 6 heteroatoms. The molecule has 1 aliphatic heterocycles. The highest BCUT2D eigenvalue weighted by Gasteiger charge is 2.12. The Morgan fingerprint density at radius 3 is 2.94 bits per heavy atom. The third kappa shape index (κ3) is 2.47. The highest BCUT2D eigenvalue weighted by molar-refractivity contribution is 5.94. The molecule has 1 heterocycles.